The molecule has 36 heavy (non-hydrogen) atoms. The number of fused-ring (bicyclic) bond motifs is 1. The molecular formula is C33H44O3. The van der Waals surface area contributed by atoms with E-state index in [1.54, 1.807) is 7.11 Å². The molecule has 0 radical (unpaired) electrons. The van der Waals surface area contributed by atoms with Crippen LogP contribution >= 0.6 is 0 Å². The molecule has 1 aromatic rings. The van der Waals surface area contributed by atoms with E-state index in [0.29, 0.717) is 18.4 Å². The first kappa shape index (κ1) is 26.8. The van der Waals surface area contributed by atoms with Crippen LogP contribution < -0.4 is 0 Å². The molecule has 0 amide bonds. The molecule has 3 heteroatoms. The van der Waals surface area contributed by atoms with Crippen molar-refractivity contribution in [1.82, 2.24) is 0 Å². The molecule has 3 nitrogen and oxygen atoms in total. The minimum absolute atomic E-state index is 0.0178. The Morgan fingerprint density at radius 2 is 1.81 bits per heavy atom. The van der Waals surface area contributed by atoms with Gasteiger partial charge in [0.2, 0.25) is 0 Å². The highest BCUT2D eigenvalue weighted by Gasteiger charge is 2.33. The molecule has 0 N–H and O–H groups in total. The second kappa shape index (κ2) is 11.4. The van der Waals surface area contributed by atoms with Crippen LogP contribution in [-0.2, 0) is 9.53 Å². The fourth-order valence-corrected chi connectivity index (χ4v) is 6.40. The van der Waals surface area contributed by atoms with Crippen LogP contribution in [0.2, 0.25) is 0 Å². The number of hydrogen-bond donors (Lipinski definition) is 0. The van der Waals surface area contributed by atoms with Crippen LogP contribution in [0.5, 0.6) is 0 Å². The number of hydrogen-bond acceptors (Lipinski definition) is 3. The van der Waals surface area contributed by atoms with E-state index < -0.39 is 0 Å². The third kappa shape index (κ3) is 5.67. The van der Waals surface area contributed by atoms with Crippen LogP contribution in [0.15, 0.2) is 42.0 Å². The van der Waals surface area contributed by atoms with E-state index in [4.69, 9.17) is 4.74 Å². The maximum atomic E-state index is 13.7. The molecule has 1 fully saturated rings. The van der Waals surface area contributed by atoms with E-state index in [2.05, 4.69) is 50.3 Å². The van der Waals surface area contributed by atoms with Crippen molar-refractivity contribution in [2.45, 2.75) is 79.1 Å². The molecule has 0 aliphatic heterocycles. The zero-order chi connectivity index (χ0) is 26.0. The summed E-state index contributed by atoms with van der Waals surface area (Å²) in [6, 6.07) is 4.28. The first-order valence-electron chi connectivity index (χ1n) is 14.0. The number of benzene rings is 1. The molecule has 3 aliphatic rings. The normalized spacial score (nSPS) is 26.4. The van der Waals surface area contributed by atoms with Crippen LogP contribution in [0.3, 0.4) is 0 Å². The lowest BCUT2D eigenvalue weighted by Gasteiger charge is -2.29. The quantitative estimate of drug-likeness (QED) is 0.332. The lowest BCUT2D eigenvalue weighted by Crippen LogP contribution is -2.23. The molecule has 0 spiro atoms. The minimum Gasteiger partial charge on any atom is -0.384 e. The highest BCUT2D eigenvalue weighted by atomic mass is 16.5. The average molecular weight is 489 g/mol. The number of ketones is 2. The van der Waals surface area contributed by atoms with E-state index in [-0.39, 0.29) is 35.2 Å². The summed E-state index contributed by atoms with van der Waals surface area (Å²) in [5.74, 6) is 1.91. The molecule has 0 heterocycles. The molecule has 0 saturated heterocycles. The summed E-state index contributed by atoms with van der Waals surface area (Å²) in [5.41, 5.74) is 6.70. The van der Waals surface area contributed by atoms with E-state index in [1.165, 1.54) is 11.1 Å². The predicted molar refractivity (Wildman–Crippen MR) is 148 cm³/mol. The number of aryl methyl sites for hydroxylation is 1. The Morgan fingerprint density at radius 3 is 2.42 bits per heavy atom. The molecular weight excluding hydrogens is 444 g/mol. The van der Waals surface area contributed by atoms with Crippen molar-refractivity contribution in [1.29, 1.82) is 0 Å². The molecule has 3 aliphatic carbocycles. The number of carbonyl (C=O) groups excluding carboxylic acids is 2. The third-order valence-electron chi connectivity index (χ3n) is 8.69. The lowest BCUT2D eigenvalue weighted by molar-refractivity contribution is -0.123. The van der Waals surface area contributed by atoms with Crippen molar-refractivity contribution in [3.05, 3.63) is 64.3 Å². The summed E-state index contributed by atoms with van der Waals surface area (Å²) in [4.78, 5) is 26.6. The molecule has 3 unspecified atom stereocenters. The highest BCUT2D eigenvalue weighted by Crippen LogP contribution is 2.43. The Labute approximate surface area is 218 Å². The largest absolute Gasteiger partial charge is 0.384 e. The second-order valence-corrected chi connectivity index (χ2v) is 11.9. The van der Waals surface area contributed by atoms with Gasteiger partial charge in [-0.1, -0.05) is 63.6 Å². The Kier molecular flexibility index (Phi) is 8.50. The zero-order valence-electron chi connectivity index (χ0n) is 23.1. The maximum absolute atomic E-state index is 13.7. The molecule has 194 valence electrons. The van der Waals surface area contributed by atoms with Crippen LogP contribution in [0.25, 0.3) is 5.57 Å². The average Bonchev–Trinajstić information content (AvgIpc) is 3.21. The van der Waals surface area contributed by atoms with Crippen molar-refractivity contribution >= 4 is 17.1 Å². The summed E-state index contributed by atoms with van der Waals surface area (Å²) in [6.07, 6.45) is 15.8. The summed E-state index contributed by atoms with van der Waals surface area (Å²) in [6.45, 7) is 10.8. The molecule has 0 aromatic heterocycles. The van der Waals surface area contributed by atoms with E-state index in [0.717, 1.165) is 60.8 Å². The minimum atomic E-state index is -0.183. The van der Waals surface area contributed by atoms with Crippen molar-refractivity contribution in [3.8, 4) is 0 Å². The number of rotatable bonds is 9. The lowest BCUT2D eigenvalue weighted by atomic mass is 9.75. The Balaban J connectivity index is 1.50. The summed E-state index contributed by atoms with van der Waals surface area (Å²) >= 11 is 0. The first-order valence-corrected chi connectivity index (χ1v) is 14.0. The van der Waals surface area contributed by atoms with Gasteiger partial charge >= 0.3 is 0 Å². The van der Waals surface area contributed by atoms with Crippen LogP contribution in [0.4, 0.5) is 0 Å². The van der Waals surface area contributed by atoms with E-state index >= 15 is 0 Å². The van der Waals surface area contributed by atoms with Gasteiger partial charge in [0.1, 0.15) is 5.78 Å². The Morgan fingerprint density at radius 1 is 1.08 bits per heavy atom. The summed E-state index contributed by atoms with van der Waals surface area (Å²) in [5, 5.41) is 0. The predicted octanol–water partition coefficient (Wildman–Crippen LogP) is 7.88. The van der Waals surface area contributed by atoms with Gasteiger partial charge in [0.05, 0.1) is 6.61 Å². The van der Waals surface area contributed by atoms with Crippen molar-refractivity contribution < 1.29 is 14.3 Å². The van der Waals surface area contributed by atoms with Gasteiger partial charge in [-0.2, -0.15) is 0 Å². The van der Waals surface area contributed by atoms with Gasteiger partial charge in [0.15, 0.2) is 5.78 Å². The van der Waals surface area contributed by atoms with Crippen LogP contribution in [-0.4, -0.2) is 25.3 Å². The zero-order valence-corrected chi connectivity index (χ0v) is 23.1. The third-order valence-corrected chi connectivity index (χ3v) is 8.69. The molecule has 1 aromatic carbocycles. The van der Waals surface area contributed by atoms with Gasteiger partial charge in [-0.15, -0.1) is 0 Å². The number of allylic oxidation sites excluding steroid dienone is 5. The van der Waals surface area contributed by atoms with Crippen LogP contribution in [0, 0.1) is 36.5 Å². The smallest absolute Gasteiger partial charge is 0.166 e. The molecule has 1 saturated carbocycles. The van der Waals surface area contributed by atoms with Gasteiger partial charge in [0.25, 0.3) is 0 Å². The van der Waals surface area contributed by atoms with Gasteiger partial charge in [-0.05, 0) is 85.6 Å². The number of ether oxygens (including phenoxy) is 1. The fourth-order valence-electron chi connectivity index (χ4n) is 6.40. The van der Waals surface area contributed by atoms with Crippen molar-refractivity contribution in [2.24, 2.45) is 29.6 Å². The first-order chi connectivity index (χ1) is 17.2. The molecule has 0 bridgehead atoms. The summed E-state index contributed by atoms with van der Waals surface area (Å²) < 4.78 is 5.50. The summed E-state index contributed by atoms with van der Waals surface area (Å²) in [7, 11) is 1.72. The fraction of sp³-hybridized carbons (Fsp3) is 0.576. The second-order valence-electron chi connectivity index (χ2n) is 11.9. The van der Waals surface area contributed by atoms with Crippen molar-refractivity contribution in [2.75, 3.05) is 13.7 Å². The Bertz CT molecular complexity index is 1080. The number of carbonyl (C=O) groups is 2. The van der Waals surface area contributed by atoms with Gasteiger partial charge in [0, 0.05) is 36.3 Å². The van der Waals surface area contributed by atoms with Gasteiger partial charge in [-0.25, -0.2) is 0 Å². The number of Topliss-reactive ketones (excluding diaryl/α,β-unsaturated/α-hetero) is 2. The molecule has 4 rings (SSSR count). The van der Waals surface area contributed by atoms with Gasteiger partial charge < -0.3 is 4.74 Å². The Hall–Kier alpha value is -2.26. The highest BCUT2D eigenvalue weighted by molar-refractivity contribution is 6.02. The monoisotopic (exact) mass is 488 g/mol. The molecule has 3 atom stereocenters. The van der Waals surface area contributed by atoms with Crippen molar-refractivity contribution in [3.63, 3.8) is 0 Å². The van der Waals surface area contributed by atoms with Gasteiger partial charge in [-0.3, -0.25) is 9.59 Å². The van der Waals surface area contributed by atoms with E-state index in [1.807, 2.05) is 20.8 Å². The van der Waals surface area contributed by atoms with E-state index in [9.17, 15) is 9.59 Å². The maximum Gasteiger partial charge on any atom is 0.166 e. The SMILES string of the molecule is COCC1C=C(C(C)C(=O)C(C)C)c2cc(C(=O)C3CCC(CC4=CCC(C)C=C4)CC3)c(C)cc21. The van der Waals surface area contributed by atoms with Crippen LogP contribution in [0.1, 0.15) is 99.2 Å². The standard InChI is InChI=1S/C33H44O3/c1-20(2)32(34)23(5)29-17-27(19-36-6)30-15-22(4)28(18-31(29)30)33(35)26-13-11-25(12-14-26)16-24-9-7-21(3)8-10-24/h7,9-10,15,17-18,20-21,23,25-27H,8,11-14,16,19H2,1-6H3. The topological polar surface area (TPSA) is 43.4 Å². The number of methoxy groups -OCH3 is 1.